The third-order valence-corrected chi connectivity index (χ3v) is 8.48. The maximum absolute atomic E-state index is 13.9. The van der Waals surface area contributed by atoms with Crippen molar-refractivity contribution in [3.8, 4) is 0 Å². The summed E-state index contributed by atoms with van der Waals surface area (Å²) in [6.07, 6.45) is 0.793. The highest BCUT2D eigenvalue weighted by molar-refractivity contribution is 8.00. The van der Waals surface area contributed by atoms with E-state index in [2.05, 4.69) is 10.5 Å². The van der Waals surface area contributed by atoms with Gasteiger partial charge >= 0.3 is 11.9 Å². The van der Waals surface area contributed by atoms with Crippen molar-refractivity contribution in [3.05, 3.63) is 118 Å². The van der Waals surface area contributed by atoms with Gasteiger partial charge in [0.25, 0.3) is 5.91 Å². The van der Waals surface area contributed by atoms with Gasteiger partial charge in [-0.05, 0) is 22.3 Å². The van der Waals surface area contributed by atoms with E-state index in [1.165, 1.54) is 36.9 Å². The van der Waals surface area contributed by atoms with Crippen molar-refractivity contribution < 1.29 is 33.5 Å². The molecule has 11 heteroatoms. The van der Waals surface area contributed by atoms with E-state index in [0.717, 1.165) is 11.1 Å². The Bertz CT molecular complexity index is 1550. The lowest BCUT2D eigenvalue weighted by Gasteiger charge is -2.49. The second-order valence-corrected chi connectivity index (χ2v) is 11.2. The molecule has 0 saturated carbocycles. The van der Waals surface area contributed by atoms with Crippen LogP contribution in [0.25, 0.3) is 0 Å². The zero-order valence-electron chi connectivity index (χ0n) is 24.2. The molecular formula is C33H31N3O7S. The number of fused-ring (bicyclic) bond motifs is 1. The Balaban J connectivity index is 1.37. The second kappa shape index (κ2) is 14.0. The Morgan fingerprint density at radius 1 is 1.00 bits per heavy atom. The number of amides is 2. The van der Waals surface area contributed by atoms with Crippen molar-refractivity contribution in [1.29, 1.82) is 0 Å². The van der Waals surface area contributed by atoms with E-state index in [1.807, 2.05) is 78.9 Å². The first-order valence-electron chi connectivity index (χ1n) is 13.9. The summed E-state index contributed by atoms with van der Waals surface area (Å²) in [5, 5.41) is 6.07. The highest BCUT2D eigenvalue weighted by Crippen LogP contribution is 2.41. The molecule has 1 unspecified atom stereocenters. The Hall–Kier alpha value is -4.90. The molecule has 0 bridgehead atoms. The molecule has 3 aromatic carbocycles. The first-order chi connectivity index (χ1) is 21.4. The standard InChI is InChI=1S/C33H31N3O7S/c1-21(37)42-19-26-20-44-32-28(35-27(38)17-24-15-9-10-16-25(24)18-34-41-2)31(39)36(32)29(26)33(40)43-30(22-11-5-3-6-12-22)23-13-7-4-8-14-23/h3-16,18,28,30,32H,17,19-20H2,1-2H3,(H,35,38)/t28?,32-/m1/s1. The van der Waals surface area contributed by atoms with Crippen LogP contribution in [0.3, 0.4) is 0 Å². The van der Waals surface area contributed by atoms with Gasteiger partial charge in [-0.2, -0.15) is 0 Å². The van der Waals surface area contributed by atoms with Gasteiger partial charge in [0, 0.05) is 18.2 Å². The molecule has 2 heterocycles. The summed E-state index contributed by atoms with van der Waals surface area (Å²) in [5.41, 5.74) is 3.43. The number of β-lactam (4-membered cyclic amide) rings is 1. The topological polar surface area (TPSA) is 124 Å². The van der Waals surface area contributed by atoms with E-state index in [-0.39, 0.29) is 24.6 Å². The lowest BCUT2D eigenvalue weighted by Crippen LogP contribution is -2.70. The summed E-state index contributed by atoms with van der Waals surface area (Å²) in [7, 11) is 1.43. The number of rotatable bonds is 11. The number of nitrogens with zero attached hydrogens (tertiary/aromatic N) is 2. The van der Waals surface area contributed by atoms with Crippen LogP contribution in [0.1, 0.15) is 35.3 Å². The van der Waals surface area contributed by atoms with Crippen molar-refractivity contribution in [2.24, 2.45) is 5.16 Å². The van der Waals surface area contributed by atoms with Gasteiger partial charge in [0.05, 0.1) is 12.6 Å². The Labute approximate surface area is 259 Å². The van der Waals surface area contributed by atoms with Crippen LogP contribution < -0.4 is 5.32 Å². The molecule has 10 nitrogen and oxygen atoms in total. The van der Waals surface area contributed by atoms with Gasteiger partial charge in [-0.25, -0.2) is 4.79 Å². The minimum atomic E-state index is -0.843. The molecule has 2 amide bonds. The summed E-state index contributed by atoms with van der Waals surface area (Å²) in [5.74, 6) is -1.74. The maximum Gasteiger partial charge on any atom is 0.356 e. The third-order valence-electron chi connectivity index (χ3n) is 7.14. The van der Waals surface area contributed by atoms with Crippen LogP contribution in [0.5, 0.6) is 0 Å². The molecule has 5 rings (SSSR count). The van der Waals surface area contributed by atoms with E-state index in [9.17, 15) is 19.2 Å². The predicted octanol–water partition coefficient (Wildman–Crippen LogP) is 3.76. The van der Waals surface area contributed by atoms with Gasteiger partial charge in [-0.15, -0.1) is 11.8 Å². The Morgan fingerprint density at radius 2 is 1.64 bits per heavy atom. The molecule has 0 radical (unpaired) electrons. The van der Waals surface area contributed by atoms with Crippen LogP contribution in [0, 0.1) is 0 Å². The smallest absolute Gasteiger partial charge is 0.356 e. The van der Waals surface area contributed by atoms with E-state index in [4.69, 9.17) is 14.3 Å². The van der Waals surface area contributed by atoms with Gasteiger partial charge in [0.2, 0.25) is 5.91 Å². The molecular weight excluding hydrogens is 582 g/mol. The maximum atomic E-state index is 13.9. The van der Waals surface area contributed by atoms with Crippen molar-refractivity contribution in [2.45, 2.75) is 30.9 Å². The average molecular weight is 614 g/mol. The fourth-order valence-corrected chi connectivity index (χ4v) is 6.37. The minimum absolute atomic E-state index is 0.0192. The molecule has 1 saturated heterocycles. The first-order valence-corrected chi connectivity index (χ1v) is 15.0. The number of hydrogen-bond donors (Lipinski definition) is 1. The predicted molar refractivity (Wildman–Crippen MR) is 164 cm³/mol. The molecule has 2 aliphatic rings. The summed E-state index contributed by atoms with van der Waals surface area (Å²) >= 11 is 1.38. The SMILES string of the molecule is CON=Cc1ccccc1CC(=O)NC1C(=O)N2C(C(=O)OC(c3ccccc3)c3ccccc3)=C(COC(C)=O)CS[C@H]12. The number of benzene rings is 3. The fourth-order valence-electron chi connectivity index (χ4n) is 5.05. The van der Waals surface area contributed by atoms with Crippen LogP contribution in [0.2, 0.25) is 0 Å². The lowest BCUT2D eigenvalue weighted by molar-refractivity contribution is -0.155. The summed E-state index contributed by atoms with van der Waals surface area (Å²) in [6, 6.07) is 25.0. The molecule has 3 aromatic rings. The van der Waals surface area contributed by atoms with Crippen molar-refractivity contribution in [1.82, 2.24) is 10.2 Å². The number of oxime groups is 1. The average Bonchev–Trinajstić information content (AvgIpc) is 3.04. The van der Waals surface area contributed by atoms with Crippen molar-refractivity contribution in [2.75, 3.05) is 19.5 Å². The molecule has 1 N–H and O–H groups in total. The number of carbonyl (C=O) groups excluding carboxylic acids is 4. The zero-order valence-corrected chi connectivity index (χ0v) is 25.0. The fraction of sp³-hybridized carbons (Fsp3) is 0.242. The van der Waals surface area contributed by atoms with Crippen LogP contribution in [-0.4, -0.2) is 65.8 Å². The number of carbonyl (C=O) groups is 4. The van der Waals surface area contributed by atoms with E-state index >= 15 is 0 Å². The van der Waals surface area contributed by atoms with Gasteiger partial charge < -0.3 is 19.6 Å². The largest absolute Gasteiger partial charge is 0.461 e. The van der Waals surface area contributed by atoms with Gasteiger partial charge in [-0.3, -0.25) is 19.3 Å². The zero-order chi connectivity index (χ0) is 31.1. The third kappa shape index (κ3) is 6.84. The van der Waals surface area contributed by atoms with E-state index in [1.54, 1.807) is 6.07 Å². The Kier molecular flexibility index (Phi) is 9.75. The lowest BCUT2D eigenvalue weighted by atomic mass is 10.00. The molecule has 1 fully saturated rings. The molecule has 2 atom stereocenters. The molecule has 2 aliphatic heterocycles. The highest BCUT2D eigenvalue weighted by atomic mass is 32.2. The van der Waals surface area contributed by atoms with E-state index in [0.29, 0.717) is 22.5 Å². The quantitative estimate of drug-likeness (QED) is 0.150. The van der Waals surface area contributed by atoms with Crippen LogP contribution in [-0.2, 0) is 39.9 Å². The number of nitrogens with one attached hydrogen (secondary N) is 1. The summed E-state index contributed by atoms with van der Waals surface area (Å²) in [6.45, 7) is 1.11. The monoisotopic (exact) mass is 613 g/mol. The second-order valence-electron chi connectivity index (χ2n) is 10.1. The molecule has 44 heavy (non-hydrogen) atoms. The van der Waals surface area contributed by atoms with E-state index < -0.39 is 35.4 Å². The first kappa shape index (κ1) is 30.6. The molecule has 0 aliphatic carbocycles. The van der Waals surface area contributed by atoms with Gasteiger partial charge in [-0.1, -0.05) is 90.1 Å². The summed E-state index contributed by atoms with van der Waals surface area (Å²) < 4.78 is 11.3. The van der Waals surface area contributed by atoms with Gasteiger partial charge in [0.15, 0.2) is 6.10 Å². The summed E-state index contributed by atoms with van der Waals surface area (Å²) in [4.78, 5) is 58.2. The number of hydrogen-bond acceptors (Lipinski definition) is 9. The van der Waals surface area contributed by atoms with Gasteiger partial charge in [0.1, 0.15) is 30.8 Å². The Morgan fingerprint density at radius 3 is 2.27 bits per heavy atom. The number of esters is 2. The van der Waals surface area contributed by atoms with Crippen molar-refractivity contribution in [3.63, 3.8) is 0 Å². The number of thioether (sulfide) groups is 1. The van der Waals surface area contributed by atoms with Crippen LogP contribution in [0.4, 0.5) is 0 Å². The molecule has 0 spiro atoms. The highest BCUT2D eigenvalue weighted by Gasteiger charge is 2.54. The molecule has 226 valence electrons. The molecule has 0 aromatic heterocycles. The van der Waals surface area contributed by atoms with Crippen LogP contribution >= 0.6 is 11.8 Å². The minimum Gasteiger partial charge on any atom is -0.461 e. The van der Waals surface area contributed by atoms with Crippen molar-refractivity contribution >= 4 is 41.7 Å². The normalized spacial score (nSPS) is 17.6. The van der Waals surface area contributed by atoms with Crippen LogP contribution in [0.15, 0.2) is 101 Å². The number of ether oxygens (including phenoxy) is 2.